The molecule has 5 rings (SSSR count). The molecule has 2 N–H and O–H groups in total. The zero-order valence-electron chi connectivity index (χ0n) is 18.7. The SMILES string of the molecule is CN(C)c1ccc(/C=N/NC(=O)c2ccc(Nc3nc4ccccc4c4nncn34)cc2)cc1. The Morgan fingerprint density at radius 2 is 1.76 bits per heavy atom. The molecule has 3 aromatic carbocycles. The van der Waals surface area contributed by atoms with Crippen LogP contribution < -0.4 is 15.6 Å². The molecule has 0 spiro atoms. The fourth-order valence-electron chi connectivity index (χ4n) is 3.51. The van der Waals surface area contributed by atoms with Gasteiger partial charge >= 0.3 is 0 Å². The van der Waals surface area contributed by atoms with Crippen molar-refractivity contribution in [2.24, 2.45) is 5.10 Å². The van der Waals surface area contributed by atoms with E-state index in [-0.39, 0.29) is 5.91 Å². The van der Waals surface area contributed by atoms with Crippen LogP contribution in [0.25, 0.3) is 16.6 Å². The largest absolute Gasteiger partial charge is 0.378 e. The lowest BCUT2D eigenvalue weighted by Gasteiger charge is -2.11. The van der Waals surface area contributed by atoms with Crippen molar-refractivity contribution in [2.45, 2.75) is 0 Å². The van der Waals surface area contributed by atoms with E-state index in [1.807, 2.05) is 79.7 Å². The summed E-state index contributed by atoms with van der Waals surface area (Å²) in [6.07, 6.45) is 3.23. The molecular weight excluding hydrogens is 428 g/mol. The Kier molecular flexibility index (Phi) is 5.57. The summed E-state index contributed by atoms with van der Waals surface area (Å²) in [6, 6.07) is 22.7. The van der Waals surface area contributed by atoms with Gasteiger partial charge in [0.05, 0.1) is 11.7 Å². The van der Waals surface area contributed by atoms with Crippen molar-refractivity contribution in [2.75, 3.05) is 24.3 Å². The zero-order valence-corrected chi connectivity index (χ0v) is 18.7. The highest BCUT2D eigenvalue weighted by Crippen LogP contribution is 2.22. The third kappa shape index (κ3) is 4.26. The first-order valence-electron chi connectivity index (χ1n) is 10.6. The quantitative estimate of drug-likeness (QED) is 0.301. The number of hydrogen-bond acceptors (Lipinski definition) is 7. The molecule has 0 saturated heterocycles. The van der Waals surface area contributed by atoms with E-state index < -0.39 is 0 Å². The van der Waals surface area contributed by atoms with Crippen molar-refractivity contribution in [3.05, 3.63) is 90.3 Å². The number of amides is 1. The lowest BCUT2D eigenvalue weighted by atomic mass is 10.2. The predicted molar refractivity (Wildman–Crippen MR) is 134 cm³/mol. The van der Waals surface area contributed by atoms with Crippen LogP contribution in [0.5, 0.6) is 0 Å². The summed E-state index contributed by atoms with van der Waals surface area (Å²) in [6.45, 7) is 0. The van der Waals surface area contributed by atoms with Gasteiger partial charge in [0.2, 0.25) is 5.95 Å². The molecule has 0 atom stereocenters. The Labute approximate surface area is 195 Å². The fraction of sp³-hybridized carbons (Fsp3) is 0.0800. The predicted octanol–water partition coefficient (Wildman–Crippen LogP) is 3.85. The smallest absolute Gasteiger partial charge is 0.271 e. The van der Waals surface area contributed by atoms with E-state index in [1.54, 1.807) is 29.1 Å². The van der Waals surface area contributed by atoms with Crippen LogP contribution >= 0.6 is 0 Å². The van der Waals surface area contributed by atoms with Crippen LogP contribution in [-0.2, 0) is 0 Å². The van der Waals surface area contributed by atoms with E-state index in [1.165, 1.54) is 0 Å². The number of anilines is 3. The minimum absolute atomic E-state index is 0.294. The van der Waals surface area contributed by atoms with Crippen LogP contribution in [0.1, 0.15) is 15.9 Å². The zero-order chi connectivity index (χ0) is 23.5. The summed E-state index contributed by atoms with van der Waals surface area (Å²) in [4.78, 5) is 19.2. The van der Waals surface area contributed by atoms with Gasteiger partial charge in [0.15, 0.2) is 5.65 Å². The molecule has 1 amide bonds. The average molecular weight is 451 g/mol. The Hall–Kier alpha value is -4.79. The van der Waals surface area contributed by atoms with Gasteiger partial charge in [-0.25, -0.2) is 10.4 Å². The highest BCUT2D eigenvalue weighted by Gasteiger charge is 2.10. The number of hydrogen-bond donors (Lipinski definition) is 2. The Morgan fingerprint density at radius 1 is 1.00 bits per heavy atom. The molecule has 0 aliphatic heterocycles. The number of fused-ring (bicyclic) bond motifs is 3. The number of carbonyl (C=O) groups excluding carboxylic acids is 1. The molecular formula is C25H22N8O. The molecule has 0 fully saturated rings. The second kappa shape index (κ2) is 8.99. The number of para-hydroxylation sites is 1. The van der Waals surface area contributed by atoms with Gasteiger partial charge < -0.3 is 10.2 Å². The van der Waals surface area contributed by atoms with Crippen molar-refractivity contribution in [3.8, 4) is 0 Å². The normalized spacial score (nSPS) is 11.2. The van der Waals surface area contributed by atoms with E-state index in [4.69, 9.17) is 0 Å². The lowest BCUT2D eigenvalue weighted by Crippen LogP contribution is -2.17. The van der Waals surface area contributed by atoms with Gasteiger partial charge in [0.25, 0.3) is 5.91 Å². The molecule has 34 heavy (non-hydrogen) atoms. The summed E-state index contributed by atoms with van der Waals surface area (Å²) in [7, 11) is 3.97. The Morgan fingerprint density at radius 3 is 2.53 bits per heavy atom. The number of nitrogens with zero attached hydrogens (tertiary/aromatic N) is 6. The summed E-state index contributed by atoms with van der Waals surface area (Å²) in [5.41, 5.74) is 7.36. The molecule has 9 nitrogen and oxygen atoms in total. The molecule has 168 valence electrons. The highest BCUT2D eigenvalue weighted by molar-refractivity contribution is 5.95. The first-order valence-corrected chi connectivity index (χ1v) is 10.6. The van der Waals surface area contributed by atoms with Crippen LogP contribution in [0.3, 0.4) is 0 Å². The van der Waals surface area contributed by atoms with Crippen LogP contribution in [0, 0.1) is 0 Å². The van der Waals surface area contributed by atoms with Crippen molar-refractivity contribution in [3.63, 3.8) is 0 Å². The molecule has 2 aromatic heterocycles. The maximum atomic E-state index is 12.4. The third-order valence-electron chi connectivity index (χ3n) is 5.34. The summed E-state index contributed by atoms with van der Waals surface area (Å²) in [5, 5.41) is 16.5. The lowest BCUT2D eigenvalue weighted by molar-refractivity contribution is 0.0955. The number of carbonyl (C=O) groups is 1. The molecule has 0 aliphatic carbocycles. The number of aromatic nitrogens is 4. The van der Waals surface area contributed by atoms with Crippen LogP contribution in [-0.4, -0.2) is 45.8 Å². The van der Waals surface area contributed by atoms with Gasteiger partial charge in [-0.15, -0.1) is 10.2 Å². The third-order valence-corrected chi connectivity index (χ3v) is 5.34. The van der Waals surface area contributed by atoms with Gasteiger partial charge in [-0.05, 0) is 54.1 Å². The molecule has 9 heteroatoms. The summed E-state index contributed by atoms with van der Waals surface area (Å²) >= 11 is 0. The molecule has 5 aromatic rings. The summed E-state index contributed by atoms with van der Waals surface area (Å²) in [5.74, 6) is 0.290. The molecule has 0 bridgehead atoms. The number of hydrazone groups is 1. The molecule has 0 aliphatic rings. The second-order valence-corrected chi connectivity index (χ2v) is 7.86. The van der Waals surface area contributed by atoms with Crippen LogP contribution in [0.2, 0.25) is 0 Å². The summed E-state index contributed by atoms with van der Waals surface area (Å²) < 4.78 is 1.79. The van der Waals surface area contributed by atoms with Gasteiger partial charge in [0, 0.05) is 36.4 Å². The standard InChI is InChI=1S/C25H22N8O/c1-32(2)20-13-7-17(8-14-20)15-26-31-24(34)18-9-11-19(12-10-18)28-25-29-22-6-4-3-5-21(22)23-30-27-16-33(23)25/h3-16H,1-2H3,(H,28,29)(H,31,34)/b26-15+. The minimum atomic E-state index is -0.294. The minimum Gasteiger partial charge on any atom is -0.378 e. The number of benzene rings is 3. The van der Waals surface area contributed by atoms with Crippen molar-refractivity contribution >= 4 is 46.0 Å². The molecule has 2 heterocycles. The topological polar surface area (TPSA) is 99.8 Å². The van der Waals surface area contributed by atoms with Gasteiger partial charge in [-0.2, -0.15) is 5.10 Å². The molecule has 0 unspecified atom stereocenters. The monoisotopic (exact) mass is 450 g/mol. The maximum Gasteiger partial charge on any atom is 0.271 e. The maximum absolute atomic E-state index is 12.4. The Balaban J connectivity index is 1.27. The average Bonchev–Trinajstić information content (AvgIpc) is 3.36. The van der Waals surface area contributed by atoms with E-state index in [0.717, 1.165) is 33.5 Å². The number of rotatable bonds is 6. The van der Waals surface area contributed by atoms with E-state index in [2.05, 4.69) is 31.0 Å². The van der Waals surface area contributed by atoms with Crippen LogP contribution in [0.15, 0.2) is 84.2 Å². The second-order valence-electron chi connectivity index (χ2n) is 7.86. The van der Waals surface area contributed by atoms with Crippen LogP contribution in [0.4, 0.5) is 17.3 Å². The van der Waals surface area contributed by atoms with Gasteiger partial charge in [-0.1, -0.05) is 24.3 Å². The number of nitrogens with one attached hydrogen (secondary N) is 2. The van der Waals surface area contributed by atoms with E-state index in [9.17, 15) is 4.79 Å². The first-order chi connectivity index (χ1) is 16.6. The highest BCUT2D eigenvalue weighted by atomic mass is 16.2. The van der Waals surface area contributed by atoms with Gasteiger partial charge in [-0.3, -0.25) is 9.20 Å². The van der Waals surface area contributed by atoms with Crippen molar-refractivity contribution in [1.29, 1.82) is 0 Å². The first kappa shape index (κ1) is 21.1. The fourth-order valence-corrected chi connectivity index (χ4v) is 3.51. The van der Waals surface area contributed by atoms with E-state index >= 15 is 0 Å². The van der Waals surface area contributed by atoms with Crippen molar-refractivity contribution < 1.29 is 4.79 Å². The van der Waals surface area contributed by atoms with Gasteiger partial charge in [0.1, 0.15) is 6.33 Å². The molecule has 0 radical (unpaired) electrons. The Bertz CT molecular complexity index is 1490. The molecule has 0 saturated carbocycles. The van der Waals surface area contributed by atoms with E-state index in [0.29, 0.717) is 11.5 Å². The van der Waals surface area contributed by atoms with Crippen molar-refractivity contribution in [1.82, 2.24) is 25.0 Å².